The van der Waals surface area contributed by atoms with Crippen molar-refractivity contribution in [1.82, 2.24) is 5.32 Å². The lowest BCUT2D eigenvalue weighted by Crippen LogP contribution is -2.57. The molecule has 0 aromatic rings. The zero-order valence-electron chi connectivity index (χ0n) is 15.5. The van der Waals surface area contributed by atoms with Crippen LogP contribution in [0.15, 0.2) is 0 Å². The first-order chi connectivity index (χ1) is 10.8. The highest BCUT2D eigenvalue weighted by atomic mass is 28.4. The molecule has 8 heteroatoms. The Labute approximate surface area is 144 Å². The number of carbonyl (C=O) groups is 2. The fraction of sp³-hybridized carbons (Fsp3) is 0.875. The highest BCUT2D eigenvalue weighted by molar-refractivity contribution is 6.74. The Bertz CT molecular complexity index is 533. The van der Waals surface area contributed by atoms with Crippen LogP contribution >= 0.6 is 0 Å². The first-order valence-corrected chi connectivity index (χ1v) is 11.2. The van der Waals surface area contributed by atoms with E-state index in [-0.39, 0.29) is 11.5 Å². The van der Waals surface area contributed by atoms with Gasteiger partial charge in [0.05, 0.1) is 6.10 Å². The van der Waals surface area contributed by atoms with Gasteiger partial charge in [0, 0.05) is 13.3 Å². The van der Waals surface area contributed by atoms with Gasteiger partial charge in [-0.2, -0.15) is 0 Å². The summed E-state index contributed by atoms with van der Waals surface area (Å²) >= 11 is 0. The molecule has 1 saturated heterocycles. The van der Waals surface area contributed by atoms with Gasteiger partial charge in [-0.3, -0.25) is 9.59 Å². The van der Waals surface area contributed by atoms with Crippen LogP contribution in [0.25, 0.3) is 0 Å². The zero-order chi connectivity index (χ0) is 18.6. The fourth-order valence-corrected chi connectivity index (χ4v) is 4.62. The van der Waals surface area contributed by atoms with E-state index in [0.29, 0.717) is 6.41 Å². The van der Waals surface area contributed by atoms with Crippen LogP contribution in [0.5, 0.6) is 0 Å². The summed E-state index contributed by atoms with van der Waals surface area (Å²) in [5.74, 6) is -0.541. The van der Waals surface area contributed by atoms with Gasteiger partial charge < -0.3 is 24.3 Å². The summed E-state index contributed by atoms with van der Waals surface area (Å²) < 4.78 is 17.2. The SMILES string of the molecule is CC(=O)OC1(NC=O)C[C@@](O)([C@H](C)O[Si](C)(C)C(C)(C)C)[C@@H]2O[C@@H]21. The molecule has 1 saturated carbocycles. The van der Waals surface area contributed by atoms with E-state index >= 15 is 0 Å². The first kappa shape index (κ1) is 19.4. The van der Waals surface area contributed by atoms with E-state index in [9.17, 15) is 14.7 Å². The molecule has 0 aromatic carbocycles. The second-order valence-corrected chi connectivity index (χ2v) is 13.2. The molecule has 24 heavy (non-hydrogen) atoms. The number of aliphatic hydroxyl groups is 1. The molecule has 1 aliphatic heterocycles. The maximum Gasteiger partial charge on any atom is 0.304 e. The largest absolute Gasteiger partial charge is 0.436 e. The van der Waals surface area contributed by atoms with E-state index in [1.54, 1.807) is 0 Å². The third-order valence-corrected chi connectivity index (χ3v) is 10.2. The van der Waals surface area contributed by atoms with Crippen LogP contribution in [0.1, 0.15) is 41.0 Å². The molecule has 138 valence electrons. The number of carbonyl (C=O) groups excluding carboxylic acids is 2. The molecule has 0 spiro atoms. The summed E-state index contributed by atoms with van der Waals surface area (Å²) in [6.07, 6.45) is -1.08. The Hall–Kier alpha value is -0.963. The summed E-state index contributed by atoms with van der Waals surface area (Å²) in [7, 11) is -2.10. The van der Waals surface area contributed by atoms with Crippen molar-refractivity contribution in [3.8, 4) is 0 Å². The number of rotatable bonds is 6. The highest BCUT2D eigenvalue weighted by Crippen LogP contribution is 2.55. The van der Waals surface area contributed by atoms with Crippen molar-refractivity contribution in [2.45, 2.75) is 88.8 Å². The number of amides is 1. The van der Waals surface area contributed by atoms with Crippen LogP contribution in [0, 0.1) is 0 Å². The molecule has 1 heterocycles. The molecule has 0 aromatic heterocycles. The maximum absolute atomic E-state index is 11.4. The van der Waals surface area contributed by atoms with E-state index in [0.717, 1.165) is 0 Å². The summed E-state index contributed by atoms with van der Waals surface area (Å²) in [6.45, 7) is 13.7. The fourth-order valence-electron chi connectivity index (χ4n) is 3.18. The van der Waals surface area contributed by atoms with Gasteiger partial charge in [0.25, 0.3) is 0 Å². The Kier molecular flexibility index (Phi) is 4.67. The molecule has 2 fully saturated rings. The Morgan fingerprint density at radius 1 is 1.42 bits per heavy atom. The second kappa shape index (κ2) is 5.79. The number of hydrogen-bond acceptors (Lipinski definition) is 6. The number of hydrogen-bond donors (Lipinski definition) is 2. The summed E-state index contributed by atoms with van der Waals surface area (Å²) in [5, 5.41) is 13.7. The molecule has 5 atom stereocenters. The Morgan fingerprint density at radius 2 is 2.00 bits per heavy atom. The predicted molar refractivity (Wildman–Crippen MR) is 89.7 cm³/mol. The van der Waals surface area contributed by atoms with Gasteiger partial charge in [-0.05, 0) is 25.1 Å². The molecule has 0 radical (unpaired) electrons. The highest BCUT2D eigenvalue weighted by Gasteiger charge is 2.75. The third kappa shape index (κ3) is 3.12. The van der Waals surface area contributed by atoms with Crippen molar-refractivity contribution < 1.29 is 28.6 Å². The van der Waals surface area contributed by atoms with Gasteiger partial charge >= 0.3 is 5.97 Å². The van der Waals surface area contributed by atoms with Gasteiger partial charge in [-0.15, -0.1) is 0 Å². The van der Waals surface area contributed by atoms with Crippen LogP contribution in [0.2, 0.25) is 18.1 Å². The van der Waals surface area contributed by atoms with Crippen LogP contribution in [0.4, 0.5) is 0 Å². The van der Waals surface area contributed by atoms with Crippen molar-refractivity contribution in [2.75, 3.05) is 0 Å². The van der Waals surface area contributed by atoms with Crippen molar-refractivity contribution in [1.29, 1.82) is 0 Å². The van der Waals surface area contributed by atoms with Gasteiger partial charge in [-0.1, -0.05) is 20.8 Å². The topological polar surface area (TPSA) is 97.4 Å². The average Bonchev–Trinajstić information content (AvgIpc) is 3.12. The normalized spacial score (nSPS) is 36.7. The van der Waals surface area contributed by atoms with Crippen LogP contribution in [-0.2, 0) is 23.5 Å². The number of esters is 1. The standard InChI is InChI=1S/C16H29NO6Si/c1-10(23-24(6,7)14(3,4)5)15(20)8-16(17-9-18,22-11(2)19)13-12(15)21-13/h9-10,12-13,20H,8H2,1-7H3,(H,17,18)/t10-,12+,13-,15+,16?/m0/s1. The quantitative estimate of drug-likeness (QED) is 0.244. The number of nitrogens with one attached hydrogen (secondary N) is 1. The lowest BCUT2D eigenvalue weighted by atomic mass is 9.94. The minimum absolute atomic E-state index is 0.00590. The van der Waals surface area contributed by atoms with Gasteiger partial charge in [0.1, 0.15) is 17.8 Å². The molecular formula is C16H29NO6Si. The van der Waals surface area contributed by atoms with Crippen molar-refractivity contribution >= 4 is 20.7 Å². The Morgan fingerprint density at radius 3 is 2.46 bits per heavy atom. The molecule has 1 amide bonds. The molecule has 1 unspecified atom stereocenters. The lowest BCUT2D eigenvalue weighted by molar-refractivity contribution is -0.178. The van der Waals surface area contributed by atoms with E-state index in [2.05, 4.69) is 39.2 Å². The first-order valence-electron chi connectivity index (χ1n) is 8.26. The van der Waals surface area contributed by atoms with E-state index in [1.807, 2.05) is 6.92 Å². The summed E-state index contributed by atoms with van der Waals surface area (Å²) in [6, 6.07) is 0. The molecule has 2 rings (SSSR count). The predicted octanol–water partition coefficient (Wildman–Crippen LogP) is 1.30. The summed E-state index contributed by atoms with van der Waals surface area (Å²) in [4.78, 5) is 22.4. The minimum Gasteiger partial charge on any atom is -0.436 e. The number of epoxide rings is 1. The second-order valence-electron chi connectivity index (χ2n) is 8.41. The molecular weight excluding hydrogens is 330 g/mol. The average molecular weight is 359 g/mol. The van der Waals surface area contributed by atoms with E-state index in [4.69, 9.17) is 13.9 Å². The van der Waals surface area contributed by atoms with E-state index < -0.39 is 43.9 Å². The smallest absolute Gasteiger partial charge is 0.304 e. The van der Waals surface area contributed by atoms with Crippen molar-refractivity contribution in [2.24, 2.45) is 0 Å². The van der Waals surface area contributed by atoms with E-state index in [1.165, 1.54) is 6.92 Å². The van der Waals surface area contributed by atoms with Crippen LogP contribution in [0.3, 0.4) is 0 Å². The van der Waals surface area contributed by atoms with Crippen molar-refractivity contribution in [3.63, 3.8) is 0 Å². The van der Waals surface area contributed by atoms with Crippen LogP contribution < -0.4 is 5.32 Å². The van der Waals surface area contributed by atoms with Gasteiger partial charge in [-0.25, -0.2) is 0 Å². The molecule has 1 aliphatic carbocycles. The number of fused-ring (bicyclic) bond motifs is 1. The van der Waals surface area contributed by atoms with Crippen LogP contribution in [-0.4, -0.2) is 55.4 Å². The zero-order valence-corrected chi connectivity index (χ0v) is 16.5. The lowest BCUT2D eigenvalue weighted by Gasteiger charge is -2.43. The third-order valence-electron chi connectivity index (χ3n) is 5.60. The number of ether oxygens (including phenoxy) is 2. The molecule has 0 bridgehead atoms. The van der Waals surface area contributed by atoms with Gasteiger partial charge in [0.2, 0.25) is 12.1 Å². The molecule has 2 aliphatic rings. The molecule has 7 nitrogen and oxygen atoms in total. The maximum atomic E-state index is 11.4. The monoisotopic (exact) mass is 359 g/mol. The van der Waals surface area contributed by atoms with Gasteiger partial charge in [0.15, 0.2) is 8.32 Å². The Balaban J connectivity index is 2.22. The van der Waals surface area contributed by atoms with Crippen molar-refractivity contribution in [3.05, 3.63) is 0 Å². The minimum atomic E-state index is -2.10. The summed E-state index contributed by atoms with van der Waals surface area (Å²) in [5.41, 5.74) is -2.66. The molecule has 2 N–H and O–H groups in total.